The molecule has 4 heteroatoms. The van der Waals surface area contributed by atoms with E-state index >= 15 is 0 Å². The minimum atomic E-state index is -1.07. The maximum absolute atomic E-state index is 10.7. The number of hydrogen-bond acceptors (Lipinski definition) is 3. The molecule has 0 atom stereocenters. The number of ether oxygens (including phenoxy) is 1. The molecule has 0 aliphatic carbocycles. The van der Waals surface area contributed by atoms with Crippen molar-refractivity contribution in [3.8, 4) is 11.6 Å². The lowest BCUT2D eigenvalue weighted by molar-refractivity contribution is 0.0689. The molecule has 86 valence electrons. The van der Waals surface area contributed by atoms with Gasteiger partial charge in [-0.25, -0.2) is 9.78 Å². The molecule has 0 saturated carbocycles. The summed E-state index contributed by atoms with van der Waals surface area (Å²) in [5.41, 5.74) is 1.03. The molecule has 0 fully saturated rings. The number of hydrogen-bond donors (Lipinski definition) is 1. The summed E-state index contributed by atoms with van der Waals surface area (Å²) in [4.78, 5) is 14.6. The van der Waals surface area contributed by atoms with E-state index in [-0.39, 0.29) is 11.6 Å². The molecule has 17 heavy (non-hydrogen) atoms. The van der Waals surface area contributed by atoms with Crippen molar-refractivity contribution in [3.05, 3.63) is 53.7 Å². The number of benzene rings is 1. The third-order valence-corrected chi connectivity index (χ3v) is 2.15. The van der Waals surface area contributed by atoms with Gasteiger partial charge in [-0.05, 0) is 30.7 Å². The Bertz CT molecular complexity index is 552. The number of aryl methyl sites for hydroxylation is 1. The number of pyridine rings is 1. The maximum atomic E-state index is 10.7. The van der Waals surface area contributed by atoms with Gasteiger partial charge in [0.15, 0.2) is 5.69 Å². The van der Waals surface area contributed by atoms with E-state index in [1.165, 1.54) is 6.07 Å². The lowest BCUT2D eigenvalue weighted by atomic mass is 10.2. The predicted molar refractivity (Wildman–Crippen MR) is 62.4 cm³/mol. The first kappa shape index (κ1) is 11.1. The molecule has 0 unspecified atom stereocenters. The van der Waals surface area contributed by atoms with Crippen LogP contribution in [-0.4, -0.2) is 16.1 Å². The van der Waals surface area contributed by atoms with E-state index < -0.39 is 5.97 Å². The first-order valence-corrected chi connectivity index (χ1v) is 5.10. The van der Waals surface area contributed by atoms with E-state index in [0.29, 0.717) is 5.75 Å². The second-order valence-electron chi connectivity index (χ2n) is 3.58. The second-order valence-corrected chi connectivity index (χ2v) is 3.58. The van der Waals surface area contributed by atoms with Crippen LogP contribution in [0.2, 0.25) is 0 Å². The molecule has 0 bridgehead atoms. The first-order valence-electron chi connectivity index (χ1n) is 5.10. The molecular formula is C13H11NO3. The number of aromatic carboxylic acids is 1. The van der Waals surface area contributed by atoms with Crippen LogP contribution < -0.4 is 4.74 Å². The summed E-state index contributed by atoms with van der Waals surface area (Å²) in [5.74, 6) is -0.157. The van der Waals surface area contributed by atoms with Crippen LogP contribution in [0.5, 0.6) is 11.6 Å². The lowest BCUT2D eigenvalue weighted by Crippen LogP contribution is -2.00. The van der Waals surface area contributed by atoms with Crippen molar-refractivity contribution in [2.75, 3.05) is 0 Å². The molecule has 0 aliphatic rings. The van der Waals surface area contributed by atoms with Crippen LogP contribution in [-0.2, 0) is 0 Å². The van der Waals surface area contributed by atoms with Crippen molar-refractivity contribution in [2.45, 2.75) is 6.92 Å². The Morgan fingerprint density at radius 2 is 2.00 bits per heavy atom. The van der Waals surface area contributed by atoms with Crippen molar-refractivity contribution >= 4 is 5.97 Å². The summed E-state index contributed by atoms with van der Waals surface area (Å²) in [6.07, 6.45) is 0. The van der Waals surface area contributed by atoms with Gasteiger partial charge in [-0.15, -0.1) is 0 Å². The zero-order valence-corrected chi connectivity index (χ0v) is 9.25. The zero-order valence-electron chi connectivity index (χ0n) is 9.25. The van der Waals surface area contributed by atoms with E-state index in [0.717, 1.165) is 5.56 Å². The molecule has 1 heterocycles. The van der Waals surface area contributed by atoms with Crippen LogP contribution in [0.4, 0.5) is 0 Å². The molecule has 1 aromatic carbocycles. The fourth-order valence-corrected chi connectivity index (χ4v) is 1.39. The molecule has 1 aromatic heterocycles. The van der Waals surface area contributed by atoms with Gasteiger partial charge in [-0.2, -0.15) is 0 Å². The highest BCUT2D eigenvalue weighted by molar-refractivity contribution is 5.85. The number of rotatable bonds is 3. The molecular weight excluding hydrogens is 218 g/mol. The molecule has 2 rings (SSSR count). The highest BCUT2D eigenvalue weighted by Crippen LogP contribution is 2.20. The van der Waals surface area contributed by atoms with Gasteiger partial charge in [0.1, 0.15) is 5.75 Å². The van der Waals surface area contributed by atoms with E-state index in [1.807, 2.05) is 25.1 Å². The lowest BCUT2D eigenvalue weighted by Gasteiger charge is -2.05. The Kier molecular flexibility index (Phi) is 3.05. The monoisotopic (exact) mass is 229 g/mol. The maximum Gasteiger partial charge on any atom is 0.354 e. The quantitative estimate of drug-likeness (QED) is 0.879. The molecule has 0 spiro atoms. The normalized spacial score (nSPS) is 9.94. The minimum absolute atomic E-state index is 0.0323. The number of carboxylic acids is 1. The summed E-state index contributed by atoms with van der Waals surface area (Å²) in [6.45, 7) is 1.95. The van der Waals surface area contributed by atoms with Crippen LogP contribution in [0.3, 0.4) is 0 Å². The van der Waals surface area contributed by atoms with Crippen molar-refractivity contribution in [1.29, 1.82) is 0 Å². The Balaban J connectivity index is 2.24. The molecule has 0 amide bonds. The third-order valence-electron chi connectivity index (χ3n) is 2.15. The molecule has 1 N–H and O–H groups in total. The highest BCUT2D eigenvalue weighted by atomic mass is 16.5. The Morgan fingerprint density at radius 3 is 2.71 bits per heavy atom. The highest BCUT2D eigenvalue weighted by Gasteiger charge is 2.06. The van der Waals surface area contributed by atoms with Crippen LogP contribution >= 0.6 is 0 Å². The molecule has 2 aromatic rings. The van der Waals surface area contributed by atoms with E-state index in [9.17, 15) is 4.79 Å². The van der Waals surface area contributed by atoms with Gasteiger partial charge < -0.3 is 9.84 Å². The average molecular weight is 229 g/mol. The second kappa shape index (κ2) is 4.65. The molecule has 0 aliphatic heterocycles. The Morgan fingerprint density at radius 1 is 1.24 bits per heavy atom. The van der Waals surface area contributed by atoms with Crippen LogP contribution in [0, 0.1) is 6.92 Å². The average Bonchev–Trinajstić information content (AvgIpc) is 2.29. The number of aromatic nitrogens is 1. The van der Waals surface area contributed by atoms with Gasteiger partial charge in [0.2, 0.25) is 5.88 Å². The summed E-state index contributed by atoms with van der Waals surface area (Å²) in [5, 5.41) is 8.80. The van der Waals surface area contributed by atoms with Gasteiger partial charge >= 0.3 is 5.97 Å². The van der Waals surface area contributed by atoms with Crippen molar-refractivity contribution in [1.82, 2.24) is 4.98 Å². The summed E-state index contributed by atoms with van der Waals surface area (Å²) in [7, 11) is 0. The van der Waals surface area contributed by atoms with Crippen molar-refractivity contribution in [2.24, 2.45) is 0 Å². The van der Waals surface area contributed by atoms with E-state index in [1.54, 1.807) is 18.2 Å². The van der Waals surface area contributed by atoms with Gasteiger partial charge in [-0.3, -0.25) is 0 Å². The zero-order chi connectivity index (χ0) is 12.3. The van der Waals surface area contributed by atoms with Gasteiger partial charge in [0, 0.05) is 6.07 Å². The van der Waals surface area contributed by atoms with Crippen LogP contribution in [0.15, 0.2) is 42.5 Å². The fourth-order valence-electron chi connectivity index (χ4n) is 1.39. The summed E-state index contributed by atoms with van der Waals surface area (Å²) >= 11 is 0. The molecule has 0 radical (unpaired) electrons. The van der Waals surface area contributed by atoms with Gasteiger partial charge in [-0.1, -0.05) is 18.2 Å². The van der Waals surface area contributed by atoms with Gasteiger partial charge in [0.05, 0.1) is 0 Å². The Labute approximate surface area is 98.5 Å². The fraction of sp³-hybridized carbons (Fsp3) is 0.0769. The smallest absolute Gasteiger partial charge is 0.354 e. The predicted octanol–water partition coefficient (Wildman–Crippen LogP) is 2.88. The van der Waals surface area contributed by atoms with Crippen LogP contribution in [0.1, 0.15) is 16.1 Å². The van der Waals surface area contributed by atoms with Gasteiger partial charge in [0.25, 0.3) is 0 Å². The van der Waals surface area contributed by atoms with Crippen molar-refractivity contribution < 1.29 is 14.6 Å². The number of nitrogens with zero attached hydrogens (tertiary/aromatic N) is 1. The number of carboxylic acid groups (broad SMARTS) is 1. The van der Waals surface area contributed by atoms with E-state index in [2.05, 4.69) is 4.98 Å². The largest absolute Gasteiger partial charge is 0.477 e. The van der Waals surface area contributed by atoms with E-state index in [4.69, 9.17) is 9.84 Å². The standard InChI is InChI=1S/C13H11NO3/c1-9-4-2-5-10(8-9)17-12-7-3-6-11(14-12)13(15)16/h2-8H,1H3,(H,15,16). The summed E-state index contributed by atoms with van der Waals surface area (Å²) in [6, 6.07) is 12.1. The summed E-state index contributed by atoms with van der Waals surface area (Å²) < 4.78 is 5.48. The first-order chi connectivity index (χ1) is 8.15. The SMILES string of the molecule is Cc1cccc(Oc2cccc(C(=O)O)n2)c1. The third kappa shape index (κ3) is 2.81. The van der Waals surface area contributed by atoms with Crippen molar-refractivity contribution in [3.63, 3.8) is 0 Å². The van der Waals surface area contributed by atoms with Crippen LogP contribution in [0.25, 0.3) is 0 Å². The Hall–Kier alpha value is -2.36. The molecule has 0 saturated heterocycles. The topological polar surface area (TPSA) is 59.4 Å². The molecule has 4 nitrogen and oxygen atoms in total. The minimum Gasteiger partial charge on any atom is -0.477 e. The number of carbonyl (C=O) groups is 1.